The number of ether oxygens (including phenoxy) is 1. The fourth-order valence-electron chi connectivity index (χ4n) is 1.04. The van der Waals surface area contributed by atoms with E-state index in [2.05, 4.69) is 11.6 Å². The lowest BCUT2D eigenvalue weighted by Crippen LogP contribution is -2.10. The summed E-state index contributed by atoms with van der Waals surface area (Å²) in [6.45, 7) is 7.22. The van der Waals surface area contributed by atoms with Crippen LogP contribution in [0.25, 0.3) is 0 Å². The van der Waals surface area contributed by atoms with Gasteiger partial charge in [0.2, 0.25) is 5.90 Å². The Morgan fingerprint density at radius 2 is 2.27 bits per heavy atom. The van der Waals surface area contributed by atoms with Crippen molar-refractivity contribution in [3.8, 4) is 0 Å². The highest BCUT2D eigenvalue weighted by Crippen LogP contribution is 2.48. The average molecular weight is 215 g/mol. The summed E-state index contributed by atoms with van der Waals surface area (Å²) >= 11 is 0. The Kier molecular flexibility index (Phi) is 3.61. The third-order valence-corrected chi connectivity index (χ3v) is 2.08. The van der Waals surface area contributed by atoms with Crippen LogP contribution in [0.5, 0.6) is 0 Å². The molecule has 1 unspecified atom stereocenters. The molecule has 15 heavy (non-hydrogen) atoms. The van der Waals surface area contributed by atoms with Crippen molar-refractivity contribution in [2.75, 3.05) is 6.61 Å². The molecule has 0 aromatic rings. The summed E-state index contributed by atoms with van der Waals surface area (Å²) in [6, 6.07) is 0. The van der Waals surface area contributed by atoms with Crippen LogP contribution in [0.2, 0.25) is 0 Å². The first-order valence-corrected chi connectivity index (χ1v) is 4.83. The van der Waals surface area contributed by atoms with Gasteiger partial charge in [0.05, 0.1) is 12.5 Å². The second-order valence-corrected chi connectivity index (χ2v) is 3.67. The number of aliphatic imine (C=N–C) groups is 1. The van der Waals surface area contributed by atoms with Gasteiger partial charge in [0.15, 0.2) is 0 Å². The zero-order valence-corrected chi connectivity index (χ0v) is 8.96. The van der Waals surface area contributed by atoms with Gasteiger partial charge in [-0.2, -0.15) is 0 Å². The van der Waals surface area contributed by atoms with Gasteiger partial charge < -0.3 is 4.74 Å². The minimum absolute atomic E-state index is 0.0102. The number of alkyl halides is 2. The standard InChI is InChI=1S/C11H15F2NO/c1-4-5-14-10(8(2)3)15-7-9-6-11(9,12)13/h4-5,9H,2,6-7H2,1,3H3/b5-4-,14-10?. The number of allylic oxidation sites excluding steroid dienone is 1. The Morgan fingerprint density at radius 1 is 1.67 bits per heavy atom. The van der Waals surface area contributed by atoms with Crippen LogP contribution < -0.4 is 0 Å². The van der Waals surface area contributed by atoms with Crippen LogP contribution in [0.1, 0.15) is 20.3 Å². The highest BCUT2D eigenvalue weighted by molar-refractivity contribution is 5.92. The fourth-order valence-corrected chi connectivity index (χ4v) is 1.04. The quantitative estimate of drug-likeness (QED) is 0.521. The smallest absolute Gasteiger partial charge is 0.255 e. The van der Waals surface area contributed by atoms with Crippen molar-refractivity contribution in [2.24, 2.45) is 10.9 Å². The van der Waals surface area contributed by atoms with E-state index in [4.69, 9.17) is 4.74 Å². The molecule has 0 bridgehead atoms. The Labute approximate surface area is 88.3 Å². The van der Waals surface area contributed by atoms with Gasteiger partial charge in [-0.1, -0.05) is 12.7 Å². The highest BCUT2D eigenvalue weighted by atomic mass is 19.3. The predicted octanol–water partition coefficient (Wildman–Crippen LogP) is 3.17. The van der Waals surface area contributed by atoms with Gasteiger partial charge in [-0.15, -0.1) is 0 Å². The molecular weight excluding hydrogens is 200 g/mol. The third kappa shape index (κ3) is 3.46. The molecular formula is C11H15F2NO. The zero-order chi connectivity index (χ0) is 11.5. The summed E-state index contributed by atoms with van der Waals surface area (Å²) in [6.07, 6.45) is 3.20. The van der Waals surface area contributed by atoms with Crippen LogP contribution in [-0.4, -0.2) is 18.4 Å². The molecule has 0 N–H and O–H groups in total. The molecule has 1 aliphatic carbocycles. The Bertz CT molecular complexity index is 308. The predicted molar refractivity (Wildman–Crippen MR) is 56.1 cm³/mol. The van der Waals surface area contributed by atoms with Crippen molar-refractivity contribution in [2.45, 2.75) is 26.2 Å². The van der Waals surface area contributed by atoms with Crippen LogP contribution in [-0.2, 0) is 4.74 Å². The number of hydrogen-bond donors (Lipinski definition) is 0. The van der Waals surface area contributed by atoms with E-state index in [0.717, 1.165) is 0 Å². The fraction of sp³-hybridized carbons (Fsp3) is 0.545. The lowest BCUT2D eigenvalue weighted by Gasteiger charge is -2.07. The molecule has 1 atom stereocenters. The van der Waals surface area contributed by atoms with E-state index in [1.807, 2.05) is 6.92 Å². The average Bonchev–Trinajstić information content (AvgIpc) is 2.73. The van der Waals surface area contributed by atoms with Gasteiger partial charge in [-0.25, -0.2) is 13.8 Å². The molecule has 0 heterocycles. The molecule has 0 aromatic heterocycles. The van der Waals surface area contributed by atoms with Gasteiger partial charge in [-0.05, 0) is 13.8 Å². The number of halogens is 2. The number of nitrogens with zero attached hydrogens (tertiary/aromatic N) is 1. The Hall–Kier alpha value is -1.19. The SMILES string of the molecule is C=C(C)C(=N/C=C\C)OCC1CC1(F)F. The Morgan fingerprint density at radius 3 is 2.67 bits per heavy atom. The van der Waals surface area contributed by atoms with E-state index in [9.17, 15) is 8.78 Å². The molecule has 1 fully saturated rings. The molecule has 0 spiro atoms. The maximum absolute atomic E-state index is 12.5. The molecule has 0 amide bonds. The van der Waals surface area contributed by atoms with Crippen molar-refractivity contribution in [3.63, 3.8) is 0 Å². The molecule has 0 radical (unpaired) electrons. The van der Waals surface area contributed by atoms with E-state index in [0.29, 0.717) is 11.5 Å². The van der Waals surface area contributed by atoms with E-state index in [1.54, 1.807) is 19.2 Å². The summed E-state index contributed by atoms with van der Waals surface area (Å²) in [4.78, 5) is 3.96. The lowest BCUT2D eigenvalue weighted by molar-refractivity contribution is 0.0841. The maximum atomic E-state index is 12.5. The van der Waals surface area contributed by atoms with Gasteiger partial charge in [0, 0.05) is 18.2 Å². The molecule has 0 saturated heterocycles. The first kappa shape index (κ1) is 11.9. The third-order valence-electron chi connectivity index (χ3n) is 2.08. The van der Waals surface area contributed by atoms with Crippen molar-refractivity contribution in [3.05, 3.63) is 24.4 Å². The van der Waals surface area contributed by atoms with Crippen LogP contribution in [0, 0.1) is 5.92 Å². The minimum atomic E-state index is -2.54. The second-order valence-electron chi connectivity index (χ2n) is 3.67. The van der Waals surface area contributed by atoms with Crippen LogP contribution >= 0.6 is 0 Å². The zero-order valence-electron chi connectivity index (χ0n) is 8.96. The van der Waals surface area contributed by atoms with E-state index < -0.39 is 11.8 Å². The van der Waals surface area contributed by atoms with Gasteiger partial charge >= 0.3 is 0 Å². The summed E-state index contributed by atoms with van der Waals surface area (Å²) in [5.41, 5.74) is 0.636. The Balaban J connectivity index is 2.43. The molecule has 1 saturated carbocycles. The van der Waals surface area contributed by atoms with Crippen LogP contribution in [0.3, 0.4) is 0 Å². The van der Waals surface area contributed by atoms with E-state index in [1.165, 1.54) is 0 Å². The molecule has 2 nitrogen and oxygen atoms in total. The van der Waals surface area contributed by atoms with Crippen molar-refractivity contribution < 1.29 is 13.5 Å². The first-order valence-electron chi connectivity index (χ1n) is 4.83. The lowest BCUT2D eigenvalue weighted by atomic mass is 10.3. The minimum Gasteiger partial charge on any atom is -0.477 e. The van der Waals surface area contributed by atoms with Crippen molar-refractivity contribution in [1.29, 1.82) is 0 Å². The summed E-state index contributed by atoms with van der Waals surface area (Å²) in [5.74, 6) is -2.87. The number of rotatable bonds is 4. The van der Waals surface area contributed by atoms with Crippen molar-refractivity contribution >= 4 is 5.90 Å². The largest absolute Gasteiger partial charge is 0.477 e. The normalized spacial score (nSPS) is 24.3. The van der Waals surface area contributed by atoms with Gasteiger partial charge in [0.25, 0.3) is 5.92 Å². The van der Waals surface area contributed by atoms with Gasteiger partial charge in [0.1, 0.15) is 0 Å². The van der Waals surface area contributed by atoms with E-state index in [-0.39, 0.29) is 13.0 Å². The van der Waals surface area contributed by atoms with Gasteiger partial charge in [-0.3, -0.25) is 0 Å². The molecule has 84 valence electrons. The molecule has 1 rings (SSSR count). The maximum Gasteiger partial charge on any atom is 0.255 e. The molecule has 1 aliphatic rings. The monoisotopic (exact) mass is 215 g/mol. The summed E-state index contributed by atoms with van der Waals surface area (Å²) in [7, 11) is 0. The van der Waals surface area contributed by atoms with E-state index >= 15 is 0 Å². The molecule has 4 heteroatoms. The molecule has 0 aliphatic heterocycles. The summed E-state index contributed by atoms with van der Waals surface area (Å²) in [5, 5.41) is 0. The second kappa shape index (κ2) is 4.55. The molecule has 0 aromatic carbocycles. The van der Waals surface area contributed by atoms with Crippen LogP contribution in [0.4, 0.5) is 8.78 Å². The number of hydrogen-bond acceptors (Lipinski definition) is 2. The summed E-state index contributed by atoms with van der Waals surface area (Å²) < 4.78 is 30.3. The topological polar surface area (TPSA) is 21.6 Å². The highest BCUT2D eigenvalue weighted by Gasteiger charge is 2.57. The van der Waals surface area contributed by atoms with Crippen LogP contribution in [0.15, 0.2) is 29.4 Å². The van der Waals surface area contributed by atoms with Crippen molar-refractivity contribution in [1.82, 2.24) is 0 Å². The first-order chi connectivity index (χ1) is 6.97.